The fourth-order valence-electron chi connectivity index (χ4n) is 3.28. The van der Waals surface area contributed by atoms with Gasteiger partial charge in [0.2, 0.25) is 0 Å². The van der Waals surface area contributed by atoms with Crippen LogP contribution in [0.25, 0.3) is 0 Å². The Labute approximate surface area is 199 Å². The zero-order chi connectivity index (χ0) is 25.9. The van der Waals surface area contributed by atoms with Gasteiger partial charge in [-0.3, -0.25) is 4.79 Å². The van der Waals surface area contributed by atoms with Crippen molar-refractivity contribution in [2.45, 2.75) is 35.5 Å². The standard InChI is InChI=1S/C19H19Cl2NO12/c20-8-2-4-12(23)9(6-8)14(24)22-11-3-1-7(5-10(11)21)17(29)19(32,33)18(30,31)16(27,28)13(34-17)15(25)26/h1-6,13,15,23,25-33H,(H,22,24)/t13-,17-/m1/s1. The molecule has 0 radical (unpaired) electrons. The topological polar surface area (TPSA) is 241 Å². The summed E-state index contributed by atoms with van der Waals surface area (Å²) < 4.78 is 4.70. The van der Waals surface area contributed by atoms with Crippen LogP contribution in [0.2, 0.25) is 10.0 Å². The van der Waals surface area contributed by atoms with E-state index in [0.717, 1.165) is 24.3 Å². The molecule has 0 unspecified atom stereocenters. The molecule has 3 rings (SSSR count). The van der Waals surface area contributed by atoms with Gasteiger partial charge in [-0.2, -0.15) is 0 Å². The van der Waals surface area contributed by atoms with Crippen LogP contribution in [0.15, 0.2) is 36.4 Å². The number of phenolic OH excluding ortho intramolecular Hbond substituents is 1. The van der Waals surface area contributed by atoms with Gasteiger partial charge in [-0.15, -0.1) is 0 Å². The molecule has 2 aromatic rings. The highest BCUT2D eigenvalue weighted by molar-refractivity contribution is 6.34. The number of benzene rings is 2. The van der Waals surface area contributed by atoms with Crippen LogP contribution in [0.1, 0.15) is 15.9 Å². The van der Waals surface area contributed by atoms with Crippen molar-refractivity contribution in [2.24, 2.45) is 0 Å². The molecule has 13 nitrogen and oxygen atoms in total. The Morgan fingerprint density at radius 3 is 2.12 bits per heavy atom. The lowest BCUT2D eigenvalue weighted by Crippen LogP contribution is -2.84. The van der Waals surface area contributed by atoms with Crippen molar-refractivity contribution in [2.75, 3.05) is 5.32 Å². The SMILES string of the molecule is O=C(Nc1ccc([C@@]2(O)O[C@H](C(O)O)C(O)(O)C(O)(O)C2(O)O)cc1Cl)c1cc(Cl)ccc1O. The number of nitrogens with one attached hydrogen (secondary N) is 1. The number of halogens is 2. The van der Waals surface area contributed by atoms with E-state index in [4.69, 9.17) is 27.9 Å². The van der Waals surface area contributed by atoms with Crippen molar-refractivity contribution < 1.29 is 60.6 Å². The number of phenols is 1. The Hall–Kier alpha value is -2.11. The number of aliphatic hydroxyl groups is 9. The minimum Gasteiger partial charge on any atom is -0.507 e. The number of rotatable bonds is 4. The maximum atomic E-state index is 12.4. The van der Waals surface area contributed by atoms with E-state index >= 15 is 0 Å². The Kier molecular flexibility index (Phi) is 6.64. The molecule has 2 aromatic carbocycles. The van der Waals surface area contributed by atoms with Crippen LogP contribution in [0.4, 0.5) is 5.69 Å². The van der Waals surface area contributed by atoms with Crippen molar-refractivity contribution in [3.8, 4) is 5.75 Å². The van der Waals surface area contributed by atoms with Crippen molar-refractivity contribution in [1.82, 2.24) is 0 Å². The summed E-state index contributed by atoms with van der Waals surface area (Å²) in [6, 6.07) is 6.27. The summed E-state index contributed by atoms with van der Waals surface area (Å²) in [5.74, 6) is -17.7. The molecular formula is C19H19Cl2NO12. The number of hydrogen-bond acceptors (Lipinski definition) is 12. The van der Waals surface area contributed by atoms with E-state index in [9.17, 15) is 55.9 Å². The monoisotopic (exact) mass is 523 g/mol. The van der Waals surface area contributed by atoms with E-state index in [1.807, 2.05) is 0 Å². The van der Waals surface area contributed by atoms with Crippen molar-refractivity contribution in [1.29, 1.82) is 0 Å². The molecule has 1 fully saturated rings. The average Bonchev–Trinajstić information content (AvgIpc) is 2.73. The normalized spacial score (nSPS) is 25.2. The fraction of sp³-hybridized carbons (Fsp3) is 0.316. The summed E-state index contributed by atoms with van der Waals surface area (Å²) in [5.41, 5.74) is -1.12. The molecule has 1 aliphatic rings. The molecule has 0 saturated carbocycles. The molecule has 15 heteroatoms. The van der Waals surface area contributed by atoms with Gasteiger partial charge in [-0.1, -0.05) is 29.3 Å². The van der Waals surface area contributed by atoms with Crippen LogP contribution in [0.3, 0.4) is 0 Å². The molecule has 0 aromatic heterocycles. The number of aromatic hydroxyl groups is 1. The molecule has 11 N–H and O–H groups in total. The van der Waals surface area contributed by atoms with Gasteiger partial charge >= 0.3 is 0 Å². The lowest BCUT2D eigenvalue weighted by molar-refractivity contribution is -0.576. The number of anilines is 1. The van der Waals surface area contributed by atoms with Gasteiger partial charge in [0.05, 0.1) is 16.3 Å². The van der Waals surface area contributed by atoms with E-state index in [2.05, 4.69) is 5.32 Å². The second-order valence-electron chi connectivity index (χ2n) is 7.48. The number of ether oxygens (including phenoxy) is 1. The van der Waals surface area contributed by atoms with Crippen LogP contribution in [0.5, 0.6) is 5.75 Å². The molecule has 186 valence electrons. The zero-order valence-electron chi connectivity index (χ0n) is 16.7. The van der Waals surface area contributed by atoms with Gasteiger partial charge in [0.1, 0.15) is 5.75 Å². The maximum Gasteiger partial charge on any atom is 0.285 e. The molecular weight excluding hydrogens is 505 g/mol. The summed E-state index contributed by atoms with van der Waals surface area (Å²) >= 11 is 11.9. The molecule has 1 amide bonds. The quantitative estimate of drug-likeness (QED) is 0.192. The zero-order valence-corrected chi connectivity index (χ0v) is 18.2. The summed E-state index contributed by atoms with van der Waals surface area (Å²) in [7, 11) is 0. The Morgan fingerprint density at radius 2 is 1.56 bits per heavy atom. The lowest BCUT2D eigenvalue weighted by atomic mass is 9.79. The third-order valence-corrected chi connectivity index (χ3v) is 5.80. The van der Waals surface area contributed by atoms with Gasteiger partial charge in [0, 0.05) is 10.6 Å². The third kappa shape index (κ3) is 3.91. The van der Waals surface area contributed by atoms with Crippen LogP contribution < -0.4 is 5.32 Å². The first kappa shape index (κ1) is 26.5. The number of hydrogen-bond donors (Lipinski definition) is 11. The first-order valence-corrected chi connectivity index (χ1v) is 9.93. The Morgan fingerprint density at radius 1 is 0.941 bits per heavy atom. The molecule has 0 spiro atoms. The van der Waals surface area contributed by atoms with Crippen molar-refractivity contribution in [3.05, 3.63) is 57.6 Å². The van der Waals surface area contributed by atoms with E-state index in [1.165, 1.54) is 12.1 Å². The molecule has 1 heterocycles. The second kappa shape index (κ2) is 8.53. The molecule has 0 aliphatic carbocycles. The van der Waals surface area contributed by atoms with Gasteiger partial charge < -0.3 is 61.1 Å². The van der Waals surface area contributed by atoms with Crippen molar-refractivity contribution >= 4 is 34.8 Å². The number of carbonyl (C=O) groups is 1. The van der Waals surface area contributed by atoms with E-state index in [-0.39, 0.29) is 16.3 Å². The van der Waals surface area contributed by atoms with Gasteiger partial charge in [-0.05, 0) is 30.3 Å². The molecule has 1 aliphatic heterocycles. The lowest BCUT2D eigenvalue weighted by Gasteiger charge is -2.56. The molecule has 0 bridgehead atoms. The van der Waals surface area contributed by atoms with E-state index in [1.54, 1.807) is 0 Å². The van der Waals surface area contributed by atoms with Crippen LogP contribution >= 0.6 is 23.2 Å². The maximum absolute atomic E-state index is 12.4. The first-order chi connectivity index (χ1) is 15.5. The average molecular weight is 524 g/mol. The summed E-state index contributed by atoms with van der Waals surface area (Å²) in [5, 5.41) is 102. The smallest absolute Gasteiger partial charge is 0.285 e. The van der Waals surface area contributed by atoms with E-state index < -0.39 is 57.8 Å². The van der Waals surface area contributed by atoms with Gasteiger partial charge in [-0.25, -0.2) is 0 Å². The van der Waals surface area contributed by atoms with Crippen LogP contribution in [-0.4, -0.2) is 86.7 Å². The van der Waals surface area contributed by atoms with Crippen LogP contribution in [-0.2, 0) is 10.5 Å². The molecule has 34 heavy (non-hydrogen) atoms. The highest BCUT2D eigenvalue weighted by Crippen LogP contribution is 2.50. The first-order valence-electron chi connectivity index (χ1n) is 9.18. The second-order valence-corrected chi connectivity index (χ2v) is 8.32. The minimum atomic E-state index is -4.41. The van der Waals surface area contributed by atoms with Crippen molar-refractivity contribution in [3.63, 3.8) is 0 Å². The highest BCUT2D eigenvalue weighted by Gasteiger charge is 2.79. The number of amides is 1. The summed E-state index contributed by atoms with van der Waals surface area (Å²) in [4.78, 5) is 12.4. The molecule has 1 saturated heterocycles. The summed E-state index contributed by atoms with van der Waals surface area (Å²) in [6.45, 7) is 0. The predicted molar refractivity (Wildman–Crippen MR) is 111 cm³/mol. The van der Waals surface area contributed by atoms with Gasteiger partial charge in [0.25, 0.3) is 29.1 Å². The Balaban J connectivity index is 2.01. The highest BCUT2D eigenvalue weighted by atomic mass is 35.5. The third-order valence-electron chi connectivity index (χ3n) is 5.25. The fourth-order valence-corrected chi connectivity index (χ4v) is 3.68. The molecule has 2 atom stereocenters. The number of aliphatic hydroxyl groups excluding tert-OH is 1. The largest absolute Gasteiger partial charge is 0.507 e. The summed E-state index contributed by atoms with van der Waals surface area (Å²) in [6.07, 6.45) is -5.67. The minimum absolute atomic E-state index is 0.143. The predicted octanol–water partition coefficient (Wildman–Crippen LogP) is -2.15. The van der Waals surface area contributed by atoms with E-state index in [0.29, 0.717) is 0 Å². The van der Waals surface area contributed by atoms with Gasteiger partial charge in [0.15, 0.2) is 12.4 Å². The number of carbonyl (C=O) groups excluding carboxylic acids is 1. The Bertz CT molecular complexity index is 1120. The van der Waals surface area contributed by atoms with Crippen LogP contribution in [0, 0.1) is 0 Å².